The fraction of sp³-hybridized carbons (Fsp3) is 0.700. The van der Waals surface area contributed by atoms with E-state index in [1.165, 1.54) is 0 Å². The van der Waals surface area contributed by atoms with Gasteiger partial charge in [-0.2, -0.15) is 0 Å². The molecule has 0 spiro atoms. The molecule has 4 heteroatoms. The van der Waals surface area contributed by atoms with Gasteiger partial charge in [0.05, 0.1) is 6.33 Å². The van der Waals surface area contributed by atoms with Crippen LogP contribution in [0.1, 0.15) is 20.8 Å². The van der Waals surface area contributed by atoms with Crippen molar-refractivity contribution in [3.8, 4) is 0 Å². The third kappa shape index (κ3) is 4.28. The molecular weight excluding hydrogens is 176 g/mol. The van der Waals surface area contributed by atoms with Gasteiger partial charge in [-0.25, -0.2) is 4.98 Å². The highest BCUT2D eigenvalue weighted by molar-refractivity contribution is 5.22. The first kappa shape index (κ1) is 11.0. The van der Waals surface area contributed by atoms with E-state index in [-0.39, 0.29) is 0 Å². The van der Waals surface area contributed by atoms with Crippen LogP contribution in [0.25, 0.3) is 0 Å². The summed E-state index contributed by atoms with van der Waals surface area (Å²) in [6, 6.07) is 0. The number of hydrogen-bond acceptors (Lipinski definition) is 3. The van der Waals surface area contributed by atoms with Gasteiger partial charge >= 0.3 is 0 Å². The molecule has 0 aromatic carbocycles. The summed E-state index contributed by atoms with van der Waals surface area (Å²) < 4.78 is 1.99. The maximum atomic E-state index is 5.50. The molecule has 0 aliphatic carbocycles. The monoisotopic (exact) mass is 196 g/mol. The Bertz CT molecular complexity index is 272. The molecule has 0 unspecified atom stereocenters. The normalized spacial score (nSPS) is 11.9. The zero-order valence-corrected chi connectivity index (χ0v) is 9.25. The van der Waals surface area contributed by atoms with Crippen molar-refractivity contribution >= 4 is 5.82 Å². The zero-order chi connectivity index (χ0) is 10.6. The van der Waals surface area contributed by atoms with Crippen molar-refractivity contribution in [2.75, 3.05) is 18.8 Å². The second-order valence-electron chi connectivity index (χ2n) is 4.77. The Morgan fingerprint density at radius 2 is 2.21 bits per heavy atom. The second-order valence-corrected chi connectivity index (χ2v) is 4.77. The van der Waals surface area contributed by atoms with E-state index in [1.807, 2.05) is 10.8 Å². The summed E-state index contributed by atoms with van der Waals surface area (Å²) >= 11 is 0. The Kier molecular flexibility index (Phi) is 3.52. The largest absolute Gasteiger partial charge is 0.382 e. The van der Waals surface area contributed by atoms with Crippen molar-refractivity contribution in [3.05, 3.63) is 12.5 Å². The number of imidazole rings is 1. The molecule has 1 aromatic heterocycles. The van der Waals surface area contributed by atoms with Gasteiger partial charge in [-0.1, -0.05) is 20.8 Å². The van der Waals surface area contributed by atoms with Gasteiger partial charge in [-0.3, -0.25) is 0 Å². The molecule has 0 aliphatic heterocycles. The average Bonchev–Trinajstić information content (AvgIpc) is 2.44. The highest BCUT2D eigenvalue weighted by atomic mass is 15.1. The first-order valence-corrected chi connectivity index (χ1v) is 4.95. The summed E-state index contributed by atoms with van der Waals surface area (Å²) in [4.78, 5) is 3.96. The number of rotatable bonds is 4. The summed E-state index contributed by atoms with van der Waals surface area (Å²) in [6.45, 7) is 9.55. The number of nitrogens with one attached hydrogen (secondary N) is 1. The topological polar surface area (TPSA) is 55.9 Å². The Labute approximate surface area is 85.5 Å². The molecule has 80 valence electrons. The third-order valence-electron chi connectivity index (χ3n) is 1.86. The number of aromatic nitrogens is 2. The van der Waals surface area contributed by atoms with E-state index in [0.717, 1.165) is 19.6 Å². The smallest absolute Gasteiger partial charge is 0.141 e. The third-order valence-corrected chi connectivity index (χ3v) is 1.86. The van der Waals surface area contributed by atoms with E-state index in [4.69, 9.17) is 5.73 Å². The predicted molar refractivity (Wildman–Crippen MR) is 59.0 cm³/mol. The number of nitrogens with two attached hydrogens (primary N) is 1. The van der Waals surface area contributed by atoms with Crippen molar-refractivity contribution in [3.63, 3.8) is 0 Å². The van der Waals surface area contributed by atoms with Crippen molar-refractivity contribution in [2.45, 2.75) is 27.3 Å². The van der Waals surface area contributed by atoms with Crippen LogP contribution in [0.4, 0.5) is 5.82 Å². The molecule has 0 saturated carbocycles. The van der Waals surface area contributed by atoms with E-state index in [9.17, 15) is 0 Å². The van der Waals surface area contributed by atoms with Crippen LogP contribution in [-0.2, 0) is 6.54 Å². The molecule has 0 atom stereocenters. The maximum absolute atomic E-state index is 5.50. The van der Waals surface area contributed by atoms with Gasteiger partial charge in [-0.15, -0.1) is 0 Å². The molecule has 1 aromatic rings. The van der Waals surface area contributed by atoms with E-state index < -0.39 is 0 Å². The second kappa shape index (κ2) is 4.46. The quantitative estimate of drug-likeness (QED) is 0.709. The zero-order valence-electron chi connectivity index (χ0n) is 9.25. The summed E-state index contributed by atoms with van der Waals surface area (Å²) in [7, 11) is 0. The van der Waals surface area contributed by atoms with Crippen LogP contribution >= 0.6 is 0 Å². The van der Waals surface area contributed by atoms with Crippen molar-refractivity contribution < 1.29 is 0 Å². The lowest BCUT2D eigenvalue weighted by Gasteiger charge is -2.18. The minimum absolute atomic E-state index is 0.341. The lowest BCUT2D eigenvalue weighted by atomic mass is 9.97. The lowest BCUT2D eigenvalue weighted by molar-refractivity contribution is 0.376. The maximum Gasteiger partial charge on any atom is 0.141 e. The molecule has 14 heavy (non-hydrogen) atoms. The van der Waals surface area contributed by atoms with Crippen LogP contribution in [0.2, 0.25) is 0 Å². The van der Waals surface area contributed by atoms with Gasteiger partial charge in [0, 0.05) is 25.8 Å². The number of hydrogen-bond donors (Lipinski definition) is 2. The first-order valence-electron chi connectivity index (χ1n) is 4.95. The molecule has 0 aliphatic rings. The summed E-state index contributed by atoms with van der Waals surface area (Å²) in [5.41, 5.74) is 5.84. The molecule has 1 rings (SSSR count). The summed E-state index contributed by atoms with van der Waals surface area (Å²) in [5, 5.41) is 3.39. The predicted octanol–water partition coefficient (Wildman–Crippen LogP) is 1.10. The molecule has 0 radical (unpaired) electrons. The standard InChI is InChI=1S/C10H20N4/c1-10(2,3)7-12-4-5-14-6-9(11)13-8-14/h6,8,12H,4-5,7,11H2,1-3H3. The van der Waals surface area contributed by atoms with E-state index in [2.05, 4.69) is 31.1 Å². The van der Waals surface area contributed by atoms with E-state index in [0.29, 0.717) is 11.2 Å². The molecular formula is C10H20N4. The van der Waals surface area contributed by atoms with Crippen LogP contribution in [0.3, 0.4) is 0 Å². The molecule has 3 N–H and O–H groups in total. The summed E-state index contributed by atoms with van der Waals surface area (Å²) in [6.07, 6.45) is 3.60. The van der Waals surface area contributed by atoms with Crippen LogP contribution in [0.5, 0.6) is 0 Å². The minimum atomic E-state index is 0.341. The van der Waals surface area contributed by atoms with Crippen molar-refractivity contribution in [2.24, 2.45) is 5.41 Å². The highest BCUT2D eigenvalue weighted by Crippen LogP contribution is 2.09. The number of anilines is 1. The van der Waals surface area contributed by atoms with Gasteiger partial charge < -0.3 is 15.6 Å². The minimum Gasteiger partial charge on any atom is -0.382 e. The van der Waals surface area contributed by atoms with Crippen molar-refractivity contribution in [1.82, 2.24) is 14.9 Å². The fourth-order valence-corrected chi connectivity index (χ4v) is 1.17. The number of nitrogen functional groups attached to an aromatic ring is 1. The Morgan fingerprint density at radius 1 is 1.50 bits per heavy atom. The van der Waals surface area contributed by atoms with E-state index in [1.54, 1.807) is 6.33 Å². The lowest BCUT2D eigenvalue weighted by Crippen LogP contribution is -2.29. The summed E-state index contributed by atoms with van der Waals surface area (Å²) in [5.74, 6) is 0.584. The number of nitrogens with zero attached hydrogens (tertiary/aromatic N) is 2. The Morgan fingerprint density at radius 3 is 2.71 bits per heavy atom. The average molecular weight is 196 g/mol. The fourth-order valence-electron chi connectivity index (χ4n) is 1.17. The van der Waals surface area contributed by atoms with E-state index >= 15 is 0 Å². The Hall–Kier alpha value is -1.03. The molecule has 0 fully saturated rings. The van der Waals surface area contributed by atoms with Crippen LogP contribution in [-0.4, -0.2) is 22.6 Å². The van der Waals surface area contributed by atoms with Gasteiger partial charge in [0.2, 0.25) is 0 Å². The molecule has 0 saturated heterocycles. The SMILES string of the molecule is CC(C)(C)CNCCn1cnc(N)c1. The van der Waals surface area contributed by atoms with Crippen molar-refractivity contribution in [1.29, 1.82) is 0 Å². The molecule has 4 nitrogen and oxygen atoms in total. The van der Waals surface area contributed by atoms with Gasteiger partial charge in [0.1, 0.15) is 5.82 Å². The molecule has 1 heterocycles. The van der Waals surface area contributed by atoms with Crippen LogP contribution < -0.4 is 11.1 Å². The van der Waals surface area contributed by atoms with Crippen LogP contribution in [0.15, 0.2) is 12.5 Å². The first-order chi connectivity index (χ1) is 6.47. The van der Waals surface area contributed by atoms with Gasteiger partial charge in [0.15, 0.2) is 0 Å². The Balaban J connectivity index is 2.16. The van der Waals surface area contributed by atoms with Gasteiger partial charge in [0.25, 0.3) is 0 Å². The molecule has 0 bridgehead atoms. The van der Waals surface area contributed by atoms with Crippen LogP contribution in [0, 0.1) is 5.41 Å². The highest BCUT2D eigenvalue weighted by Gasteiger charge is 2.08. The molecule has 0 amide bonds. The van der Waals surface area contributed by atoms with Gasteiger partial charge in [-0.05, 0) is 5.41 Å².